The van der Waals surface area contributed by atoms with E-state index in [1.54, 1.807) is 7.05 Å². The van der Waals surface area contributed by atoms with Crippen LogP contribution in [0.2, 0.25) is 0 Å². The summed E-state index contributed by atoms with van der Waals surface area (Å²) in [6.07, 6.45) is 3.87. The number of likely N-dealkylation sites (tertiary alicyclic amines) is 1. The van der Waals surface area contributed by atoms with Crippen molar-refractivity contribution in [2.45, 2.75) is 32.6 Å². The first-order chi connectivity index (χ1) is 7.15. The molecule has 1 aliphatic heterocycles. The summed E-state index contributed by atoms with van der Waals surface area (Å²) >= 11 is 0. The van der Waals surface area contributed by atoms with Crippen molar-refractivity contribution >= 4 is 11.8 Å². The number of carbonyl (C=O) groups is 2. The Morgan fingerprint density at radius 3 is 2.33 bits per heavy atom. The van der Waals surface area contributed by atoms with E-state index in [2.05, 4.69) is 0 Å². The van der Waals surface area contributed by atoms with Gasteiger partial charge in [-0.05, 0) is 19.3 Å². The Morgan fingerprint density at radius 1 is 1.20 bits per heavy atom. The molecule has 1 aliphatic rings. The van der Waals surface area contributed by atoms with Crippen LogP contribution in [0.25, 0.3) is 0 Å². The molecule has 86 valence electrons. The highest BCUT2D eigenvalue weighted by Crippen LogP contribution is 2.09. The minimum Gasteiger partial charge on any atom is -0.341 e. The Kier molecular flexibility index (Phi) is 4.59. The first kappa shape index (κ1) is 12.0. The van der Waals surface area contributed by atoms with Crippen molar-refractivity contribution in [3.8, 4) is 0 Å². The number of carbonyl (C=O) groups excluding carboxylic acids is 2. The summed E-state index contributed by atoms with van der Waals surface area (Å²) < 4.78 is 0. The Hall–Kier alpha value is -1.06. The fourth-order valence-electron chi connectivity index (χ4n) is 1.80. The average Bonchev–Trinajstić information content (AvgIpc) is 2.29. The molecule has 4 heteroatoms. The molecular formula is C11H20N2O2. The van der Waals surface area contributed by atoms with Gasteiger partial charge in [-0.1, -0.05) is 6.92 Å². The van der Waals surface area contributed by atoms with Crippen LogP contribution in [-0.4, -0.2) is 48.3 Å². The Labute approximate surface area is 91.2 Å². The molecule has 0 spiro atoms. The first-order valence-corrected chi connectivity index (χ1v) is 5.67. The number of amides is 2. The highest BCUT2D eigenvalue weighted by Gasteiger charge is 2.19. The Morgan fingerprint density at radius 2 is 1.80 bits per heavy atom. The van der Waals surface area contributed by atoms with Gasteiger partial charge in [0.15, 0.2) is 0 Å². The van der Waals surface area contributed by atoms with Crippen LogP contribution in [0.3, 0.4) is 0 Å². The Balaban J connectivity index is 2.36. The number of hydrogen-bond donors (Lipinski definition) is 0. The number of rotatable bonds is 3. The zero-order valence-corrected chi connectivity index (χ0v) is 9.66. The van der Waals surface area contributed by atoms with Gasteiger partial charge in [0.2, 0.25) is 11.8 Å². The van der Waals surface area contributed by atoms with Crippen molar-refractivity contribution < 1.29 is 9.59 Å². The lowest BCUT2D eigenvalue weighted by Gasteiger charge is -2.28. The molecule has 0 bridgehead atoms. The van der Waals surface area contributed by atoms with Crippen LogP contribution in [0.4, 0.5) is 0 Å². The second-order valence-electron chi connectivity index (χ2n) is 4.04. The second kappa shape index (κ2) is 5.73. The minimum atomic E-state index is 0.0281. The van der Waals surface area contributed by atoms with Gasteiger partial charge >= 0.3 is 0 Å². The van der Waals surface area contributed by atoms with Gasteiger partial charge in [-0.3, -0.25) is 9.59 Å². The highest BCUT2D eigenvalue weighted by molar-refractivity contribution is 5.84. The van der Waals surface area contributed by atoms with E-state index in [-0.39, 0.29) is 18.4 Å². The summed E-state index contributed by atoms with van der Waals surface area (Å²) in [4.78, 5) is 26.4. The van der Waals surface area contributed by atoms with Crippen LogP contribution in [0.15, 0.2) is 0 Å². The zero-order chi connectivity index (χ0) is 11.3. The maximum Gasteiger partial charge on any atom is 0.242 e. The van der Waals surface area contributed by atoms with Gasteiger partial charge < -0.3 is 9.80 Å². The number of likely N-dealkylation sites (N-methyl/N-ethyl adjacent to an activating group) is 1. The molecule has 0 radical (unpaired) electrons. The molecular weight excluding hydrogens is 192 g/mol. The van der Waals surface area contributed by atoms with Crippen LogP contribution in [0.5, 0.6) is 0 Å². The molecule has 2 amide bonds. The molecule has 0 saturated carbocycles. The quantitative estimate of drug-likeness (QED) is 0.696. The van der Waals surface area contributed by atoms with Crippen LogP contribution in [0, 0.1) is 0 Å². The van der Waals surface area contributed by atoms with E-state index < -0.39 is 0 Å². The summed E-state index contributed by atoms with van der Waals surface area (Å²) in [7, 11) is 1.69. The first-order valence-electron chi connectivity index (χ1n) is 5.67. The third-order valence-electron chi connectivity index (χ3n) is 2.81. The zero-order valence-electron chi connectivity index (χ0n) is 9.66. The predicted octanol–water partition coefficient (Wildman–Crippen LogP) is 0.867. The normalized spacial score (nSPS) is 16.3. The monoisotopic (exact) mass is 212 g/mol. The molecule has 4 nitrogen and oxygen atoms in total. The van der Waals surface area contributed by atoms with Gasteiger partial charge in [-0.25, -0.2) is 0 Å². The van der Waals surface area contributed by atoms with Gasteiger partial charge in [0, 0.05) is 26.6 Å². The maximum absolute atomic E-state index is 11.8. The number of nitrogens with zero attached hydrogens (tertiary/aromatic N) is 2. The SMILES string of the molecule is CCC(=O)N(C)CC(=O)N1CCCCC1. The topological polar surface area (TPSA) is 40.6 Å². The summed E-state index contributed by atoms with van der Waals surface area (Å²) in [5, 5.41) is 0. The summed E-state index contributed by atoms with van der Waals surface area (Å²) in [5.41, 5.74) is 0. The predicted molar refractivity (Wildman–Crippen MR) is 58.4 cm³/mol. The molecule has 0 N–H and O–H groups in total. The number of piperidine rings is 1. The lowest BCUT2D eigenvalue weighted by molar-refractivity contribution is -0.139. The van der Waals surface area contributed by atoms with E-state index in [0.717, 1.165) is 25.9 Å². The third kappa shape index (κ3) is 3.53. The fraction of sp³-hybridized carbons (Fsp3) is 0.818. The number of hydrogen-bond acceptors (Lipinski definition) is 2. The van der Waals surface area contributed by atoms with Crippen LogP contribution < -0.4 is 0 Å². The van der Waals surface area contributed by atoms with Gasteiger partial charge in [0.25, 0.3) is 0 Å². The molecule has 0 unspecified atom stereocenters. The van der Waals surface area contributed by atoms with Crippen molar-refractivity contribution in [3.05, 3.63) is 0 Å². The fourth-order valence-corrected chi connectivity index (χ4v) is 1.80. The maximum atomic E-state index is 11.8. The van der Waals surface area contributed by atoms with Gasteiger partial charge in [0.05, 0.1) is 6.54 Å². The average molecular weight is 212 g/mol. The van der Waals surface area contributed by atoms with Gasteiger partial charge in [-0.15, -0.1) is 0 Å². The van der Waals surface area contributed by atoms with Crippen LogP contribution in [0.1, 0.15) is 32.6 Å². The van der Waals surface area contributed by atoms with E-state index in [0.29, 0.717) is 6.42 Å². The van der Waals surface area contributed by atoms with Crippen molar-refractivity contribution in [1.82, 2.24) is 9.80 Å². The van der Waals surface area contributed by atoms with Crippen molar-refractivity contribution in [3.63, 3.8) is 0 Å². The summed E-state index contributed by atoms with van der Waals surface area (Å²) in [6, 6.07) is 0. The summed E-state index contributed by atoms with van der Waals surface area (Å²) in [5.74, 6) is 0.111. The standard InChI is InChI=1S/C11H20N2O2/c1-3-10(14)12(2)9-11(15)13-7-5-4-6-8-13/h3-9H2,1-2H3. The third-order valence-corrected chi connectivity index (χ3v) is 2.81. The van der Waals surface area contributed by atoms with Gasteiger partial charge in [0.1, 0.15) is 0 Å². The lowest BCUT2D eigenvalue weighted by atomic mass is 10.1. The van der Waals surface area contributed by atoms with Gasteiger partial charge in [-0.2, -0.15) is 0 Å². The molecule has 1 fully saturated rings. The molecule has 1 saturated heterocycles. The highest BCUT2D eigenvalue weighted by atomic mass is 16.2. The second-order valence-corrected chi connectivity index (χ2v) is 4.04. The van der Waals surface area contributed by atoms with Crippen LogP contribution >= 0.6 is 0 Å². The molecule has 0 atom stereocenters. The van der Waals surface area contributed by atoms with Crippen molar-refractivity contribution in [1.29, 1.82) is 0 Å². The molecule has 15 heavy (non-hydrogen) atoms. The molecule has 1 heterocycles. The smallest absolute Gasteiger partial charge is 0.242 e. The van der Waals surface area contributed by atoms with E-state index in [4.69, 9.17) is 0 Å². The molecule has 1 rings (SSSR count). The molecule has 0 aliphatic carbocycles. The summed E-state index contributed by atoms with van der Waals surface area (Å²) in [6.45, 7) is 3.75. The molecule has 0 aromatic rings. The van der Waals surface area contributed by atoms with Crippen molar-refractivity contribution in [2.75, 3.05) is 26.7 Å². The van der Waals surface area contributed by atoms with E-state index in [1.807, 2.05) is 11.8 Å². The molecule has 0 aromatic carbocycles. The minimum absolute atomic E-state index is 0.0281. The molecule has 0 aromatic heterocycles. The van der Waals surface area contributed by atoms with Crippen LogP contribution in [-0.2, 0) is 9.59 Å². The van der Waals surface area contributed by atoms with E-state index in [9.17, 15) is 9.59 Å². The van der Waals surface area contributed by atoms with E-state index >= 15 is 0 Å². The van der Waals surface area contributed by atoms with E-state index in [1.165, 1.54) is 11.3 Å². The van der Waals surface area contributed by atoms with Crippen molar-refractivity contribution in [2.24, 2.45) is 0 Å². The Bertz CT molecular complexity index is 235. The lowest BCUT2D eigenvalue weighted by Crippen LogP contribution is -2.43. The largest absolute Gasteiger partial charge is 0.341 e.